The van der Waals surface area contributed by atoms with Gasteiger partial charge in [0, 0.05) is 51.5 Å². The van der Waals surface area contributed by atoms with Crippen LogP contribution >= 0.6 is 0 Å². The first-order chi connectivity index (χ1) is 15.3. The number of sulfonamides is 1. The predicted molar refractivity (Wildman–Crippen MR) is 120 cm³/mol. The SMILES string of the molecule is Cc1ccnc(NC(=O)C2CCN(S(=O)(=O)c3cc(C(=O)N4CCCC4)n(C)c3)CC2)c1. The second kappa shape index (κ2) is 9.03. The molecule has 2 aromatic heterocycles. The number of hydrogen-bond donors (Lipinski definition) is 1. The zero-order valence-electron chi connectivity index (χ0n) is 18.5. The van der Waals surface area contributed by atoms with Gasteiger partial charge in [-0.15, -0.1) is 0 Å². The normalized spacial score (nSPS) is 18.1. The highest BCUT2D eigenvalue weighted by Crippen LogP contribution is 2.26. The summed E-state index contributed by atoms with van der Waals surface area (Å²) >= 11 is 0. The minimum absolute atomic E-state index is 0.120. The first-order valence-electron chi connectivity index (χ1n) is 10.9. The minimum atomic E-state index is -3.74. The Kier molecular flexibility index (Phi) is 6.34. The van der Waals surface area contributed by atoms with Gasteiger partial charge in [0.05, 0.1) is 0 Å². The molecule has 0 spiro atoms. The van der Waals surface area contributed by atoms with Crippen molar-refractivity contribution in [3.05, 3.63) is 41.9 Å². The molecule has 2 saturated heterocycles. The maximum absolute atomic E-state index is 13.2. The van der Waals surface area contributed by atoms with Crippen LogP contribution in [0.5, 0.6) is 0 Å². The van der Waals surface area contributed by atoms with Crippen molar-refractivity contribution < 1.29 is 18.0 Å². The highest BCUT2D eigenvalue weighted by atomic mass is 32.2. The van der Waals surface area contributed by atoms with E-state index in [-0.39, 0.29) is 35.7 Å². The molecule has 2 aliphatic rings. The molecule has 0 atom stereocenters. The average molecular weight is 460 g/mol. The Morgan fingerprint density at radius 2 is 1.78 bits per heavy atom. The van der Waals surface area contributed by atoms with Gasteiger partial charge in [-0.2, -0.15) is 4.31 Å². The van der Waals surface area contributed by atoms with Crippen molar-refractivity contribution >= 4 is 27.7 Å². The van der Waals surface area contributed by atoms with E-state index in [4.69, 9.17) is 0 Å². The smallest absolute Gasteiger partial charge is 0.270 e. The number of hydrogen-bond acceptors (Lipinski definition) is 5. The molecule has 1 N–H and O–H groups in total. The van der Waals surface area contributed by atoms with E-state index >= 15 is 0 Å². The zero-order chi connectivity index (χ0) is 22.9. The van der Waals surface area contributed by atoms with E-state index in [1.807, 2.05) is 13.0 Å². The third-order valence-corrected chi connectivity index (χ3v) is 8.09. The molecular weight excluding hydrogens is 430 g/mol. The van der Waals surface area contributed by atoms with Crippen LogP contribution in [0.1, 0.15) is 41.7 Å². The van der Waals surface area contributed by atoms with Gasteiger partial charge >= 0.3 is 0 Å². The quantitative estimate of drug-likeness (QED) is 0.736. The number of carbonyl (C=O) groups excluding carboxylic acids is 2. The highest BCUT2D eigenvalue weighted by molar-refractivity contribution is 7.89. The molecule has 0 aromatic carbocycles. The molecule has 2 fully saturated rings. The summed E-state index contributed by atoms with van der Waals surface area (Å²) in [5.74, 6) is -0.0404. The van der Waals surface area contributed by atoms with Crippen molar-refractivity contribution in [2.24, 2.45) is 13.0 Å². The van der Waals surface area contributed by atoms with Gasteiger partial charge < -0.3 is 14.8 Å². The van der Waals surface area contributed by atoms with E-state index in [9.17, 15) is 18.0 Å². The lowest BCUT2D eigenvalue weighted by atomic mass is 9.97. The first kappa shape index (κ1) is 22.5. The van der Waals surface area contributed by atoms with Crippen molar-refractivity contribution in [1.82, 2.24) is 18.8 Å². The average Bonchev–Trinajstić information content (AvgIpc) is 3.44. The molecule has 4 heterocycles. The summed E-state index contributed by atoms with van der Waals surface area (Å²) < 4.78 is 29.3. The third kappa shape index (κ3) is 4.56. The molecule has 4 rings (SSSR count). The second-order valence-corrected chi connectivity index (χ2v) is 10.5. The number of nitrogens with one attached hydrogen (secondary N) is 1. The summed E-state index contributed by atoms with van der Waals surface area (Å²) in [7, 11) is -2.04. The molecule has 10 heteroatoms. The highest BCUT2D eigenvalue weighted by Gasteiger charge is 2.34. The van der Waals surface area contributed by atoms with E-state index in [0.717, 1.165) is 18.4 Å². The molecule has 0 saturated carbocycles. The summed E-state index contributed by atoms with van der Waals surface area (Å²) in [5, 5.41) is 2.82. The fourth-order valence-electron chi connectivity index (χ4n) is 4.31. The summed E-state index contributed by atoms with van der Waals surface area (Å²) in [5.41, 5.74) is 1.38. The molecule has 2 aromatic rings. The van der Waals surface area contributed by atoms with Crippen molar-refractivity contribution in [2.75, 3.05) is 31.5 Å². The lowest BCUT2D eigenvalue weighted by molar-refractivity contribution is -0.120. The molecule has 0 aliphatic carbocycles. The van der Waals surface area contributed by atoms with Gasteiger partial charge in [-0.1, -0.05) is 0 Å². The van der Waals surface area contributed by atoms with Gasteiger partial charge in [0.15, 0.2) is 0 Å². The second-order valence-electron chi connectivity index (χ2n) is 8.56. The Morgan fingerprint density at radius 3 is 2.44 bits per heavy atom. The Balaban J connectivity index is 1.40. The standard InChI is InChI=1S/C22H29N5O4S/c1-16-5-8-23-20(13-16)24-21(28)17-6-11-27(12-7-17)32(30,31)18-14-19(25(2)15-18)22(29)26-9-3-4-10-26/h5,8,13-15,17H,3-4,6-7,9-12H2,1-2H3,(H,23,24,28). The lowest BCUT2D eigenvalue weighted by Gasteiger charge is -2.30. The van der Waals surface area contributed by atoms with Gasteiger partial charge in [-0.05, 0) is 56.4 Å². The molecule has 0 unspecified atom stereocenters. The molecule has 32 heavy (non-hydrogen) atoms. The number of aryl methyl sites for hydroxylation is 2. The van der Waals surface area contributed by atoms with Crippen molar-refractivity contribution in [1.29, 1.82) is 0 Å². The minimum Gasteiger partial charge on any atom is -0.345 e. The number of carbonyl (C=O) groups is 2. The van der Waals surface area contributed by atoms with Crippen LogP contribution in [0.25, 0.3) is 0 Å². The van der Waals surface area contributed by atoms with Crippen LogP contribution in [0.4, 0.5) is 5.82 Å². The molecule has 9 nitrogen and oxygen atoms in total. The van der Waals surface area contributed by atoms with Crippen LogP contribution in [0.3, 0.4) is 0 Å². The fraction of sp³-hybridized carbons (Fsp3) is 0.500. The number of pyridine rings is 1. The van der Waals surface area contributed by atoms with Crippen LogP contribution in [-0.2, 0) is 21.9 Å². The fourth-order valence-corrected chi connectivity index (χ4v) is 5.85. The maximum atomic E-state index is 13.2. The number of anilines is 1. The molecule has 0 radical (unpaired) electrons. The molecule has 172 valence electrons. The lowest BCUT2D eigenvalue weighted by Crippen LogP contribution is -2.41. The Hall–Kier alpha value is -2.72. The van der Waals surface area contributed by atoms with Crippen LogP contribution in [-0.4, -0.2) is 65.2 Å². The van der Waals surface area contributed by atoms with Gasteiger partial charge in [0.25, 0.3) is 5.91 Å². The van der Waals surface area contributed by atoms with Gasteiger partial charge in [0.2, 0.25) is 15.9 Å². The number of aromatic nitrogens is 2. The predicted octanol–water partition coefficient (Wildman–Crippen LogP) is 2.00. The van der Waals surface area contributed by atoms with E-state index < -0.39 is 10.0 Å². The zero-order valence-corrected chi connectivity index (χ0v) is 19.3. The van der Waals surface area contributed by atoms with Gasteiger partial charge in [0.1, 0.15) is 16.4 Å². The number of rotatable bonds is 5. The largest absolute Gasteiger partial charge is 0.345 e. The monoisotopic (exact) mass is 459 g/mol. The molecule has 0 bridgehead atoms. The van der Waals surface area contributed by atoms with Crippen LogP contribution in [0.2, 0.25) is 0 Å². The first-order valence-corrected chi connectivity index (χ1v) is 12.4. The molecule has 2 aliphatic heterocycles. The topological polar surface area (TPSA) is 105 Å². The van der Waals surface area contributed by atoms with E-state index in [1.54, 1.807) is 28.8 Å². The van der Waals surface area contributed by atoms with Crippen molar-refractivity contribution in [2.45, 2.75) is 37.5 Å². The molecule has 2 amide bonds. The third-order valence-electron chi connectivity index (χ3n) is 6.22. The number of nitrogens with zero attached hydrogens (tertiary/aromatic N) is 4. The van der Waals surface area contributed by atoms with Crippen molar-refractivity contribution in [3.8, 4) is 0 Å². The maximum Gasteiger partial charge on any atom is 0.270 e. The van der Waals surface area contributed by atoms with Crippen LogP contribution in [0.15, 0.2) is 35.5 Å². The summed E-state index contributed by atoms with van der Waals surface area (Å²) in [6, 6.07) is 5.12. The number of likely N-dealkylation sites (tertiary alicyclic amines) is 1. The summed E-state index contributed by atoms with van der Waals surface area (Å²) in [6.45, 7) is 3.85. The number of piperidine rings is 1. The number of amides is 2. The Bertz CT molecular complexity index is 1110. The van der Waals surface area contributed by atoms with Crippen LogP contribution in [0, 0.1) is 12.8 Å². The van der Waals surface area contributed by atoms with E-state index in [0.29, 0.717) is 37.4 Å². The van der Waals surface area contributed by atoms with Gasteiger partial charge in [-0.25, -0.2) is 13.4 Å². The van der Waals surface area contributed by atoms with E-state index in [1.165, 1.54) is 16.6 Å². The molecular formula is C22H29N5O4S. The summed E-state index contributed by atoms with van der Waals surface area (Å²) in [4.78, 5) is 31.3. The van der Waals surface area contributed by atoms with Crippen molar-refractivity contribution in [3.63, 3.8) is 0 Å². The Morgan fingerprint density at radius 1 is 1.09 bits per heavy atom. The van der Waals surface area contributed by atoms with E-state index in [2.05, 4.69) is 10.3 Å². The van der Waals surface area contributed by atoms with Gasteiger partial charge in [-0.3, -0.25) is 9.59 Å². The Labute approximate surface area is 188 Å². The van der Waals surface area contributed by atoms with Crippen LogP contribution < -0.4 is 5.32 Å². The summed E-state index contributed by atoms with van der Waals surface area (Å²) in [6.07, 6.45) is 5.96.